The summed E-state index contributed by atoms with van der Waals surface area (Å²) >= 11 is 5.82. The average Bonchev–Trinajstić information content (AvgIpc) is 2.20. The lowest BCUT2D eigenvalue weighted by molar-refractivity contribution is -0.117. The van der Waals surface area contributed by atoms with Crippen molar-refractivity contribution in [1.29, 1.82) is 0 Å². The van der Waals surface area contributed by atoms with Crippen LogP contribution < -0.4 is 10.6 Å². The van der Waals surface area contributed by atoms with E-state index in [4.69, 9.17) is 11.6 Å². The number of rotatable bonds is 3. The molecule has 0 aliphatic carbocycles. The lowest BCUT2D eigenvalue weighted by Gasteiger charge is -2.10. The molecule has 14 heavy (non-hydrogen) atoms. The first-order valence-electron chi connectivity index (χ1n) is 4.23. The highest BCUT2D eigenvalue weighted by Gasteiger charge is 2.11. The van der Waals surface area contributed by atoms with Gasteiger partial charge in [0.25, 0.3) is 0 Å². The third-order valence-corrected chi connectivity index (χ3v) is 2.13. The molecule has 0 spiro atoms. The Balaban J connectivity index is 2.70. The van der Waals surface area contributed by atoms with Gasteiger partial charge < -0.3 is 10.6 Å². The fourth-order valence-corrected chi connectivity index (χ4v) is 1.00. The Kier molecular flexibility index (Phi) is 3.85. The molecule has 76 valence electrons. The zero-order valence-corrected chi connectivity index (χ0v) is 8.80. The molecule has 1 atom stereocenters. The average molecular weight is 214 g/mol. The monoisotopic (exact) mass is 213 g/mol. The van der Waals surface area contributed by atoms with Gasteiger partial charge in [-0.2, -0.15) is 0 Å². The maximum Gasteiger partial charge on any atom is 0.242 e. The second kappa shape index (κ2) is 4.93. The summed E-state index contributed by atoms with van der Waals surface area (Å²) in [5.41, 5.74) is 0. The Morgan fingerprint density at radius 3 is 2.93 bits per heavy atom. The van der Waals surface area contributed by atoms with Crippen LogP contribution in [0.25, 0.3) is 0 Å². The molecule has 0 aromatic carbocycles. The smallest absolute Gasteiger partial charge is 0.242 e. The second-order valence-electron chi connectivity index (χ2n) is 2.83. The van der Waals surface area contributed by atoms with Crippen LogP contribution in [0.2, 0.25) is 5.02 Å². The van der Waals surface area contributed by atoms with Crippen LogP contribution >= 0.6 is 11.6 Å². The van der Waals surface area contributed by atoms with Gasteiger partial charge in [-0.25, -0.2) is 4.98 Å². The van der Waals surface area contributed by atoms with Crippen LogP contribution in [0.3, 0.4) is 0 Å². The topological polar surface area (TPSA) is 54.0 Å². The number of carbonyl (C=O) groups excluding carboxylic acids is 1. The molecule has 1 amide bonds. The molecular weight excluding hydrogens is 202 g/mol. The molecule has 1 aromatic rings. The van der Waals surface area contributed by atoms with Gasteiger partial charge in [0, 0.05) is 6.20 Å². The van der Waals surface area contributed by atoms with Crippen LogP contribution in [-0.4, -0.2) is 24.0 Å². The number of hydrogen-bond donors (Lipinski definition) is 2. The van der Waals surface area contributed by atoms with E-state index in [-0.39, 0.29) is 11.9 Å². The van der Waals surface area contributed by atoms with Gasteiger partial charge in [0.1, 0.15) is 0 Å². The molecule has 0 saturated carbocycles. The third-order valence-electron chi connectivity index (χ3n) is 1.83. The minimum atomic E-state index is -0.270. The number of nitrogens with one attached hydrogen (secondary N) is 2. The van der Waals surface area contributed by atoms with E-state index in [9.17, 15) is 4.79 Å². The summed E-state index contributed by atoms with van der Waals surface area (Å²) in [6, 6.07) is 3.11. The number of aromatic nitrogens is 1. The molecule has 4 nitrogen and oxygen atoms in total. The fraction of sp³-hybridized carbons (Fsp3) is 0.333. The summed E-state index contributed by atoms with van der Waals surface area (Å²) < 4.78 is 0. The standard InChI is InChI=1S/C9H12ClN3O/c1-6(11-2)9(14)13-8-7(10)4-3-5-12-8/h3-6,11H,1-2H3,(H,12,13,14). The van der Waals surface area contributed by atoms with Crippen LogP contribution in [0.1, 0.15) is 6.92 Å². The molecular formula is C9H12ClN3O. The van der Waals surface area contributed by atoms with Crippen molar-refractivity contribution in [2.24, 2.45) is 0 Å². The number of likely N-dealkylation sites (N-methyl/N-ethyl adjacent to an activating group) is 1. The maximum atomic E-state index is 11.4. The maximum absolute atomic E-state index is 11.4. The van der Waals surface area contributed by atoms with Crippen LogP contribution in [0.4, 0.5) is 5.82 Å². The van der Waals surface area contributed by atoms with E-state index < -0.39 is 0 Å². The van der Waals surface area contributed by atoms with Crippen LogP contribution in [0.5, 0.6) is 0 Å². The first kappa shape index (κ1) is 10.9. The predicted molar refractivity (Wildman–Crippen MR) is 56.4 cm³/mol. The van der Waals surface area contributed by atoms with Crippen molar-refractivity contribution in [3.63, 3.8) is 0 Å². The normalized spacial score (nSPS) is 12.2. The van der Waals surface area contributed by atoms with E-state index in [1.165, 1.54) is 0 Å². The van der Waals surface area contributed by atoms with Crippen molar-refractivity contribution < 1.29 is 4.79 Å². The Bertz CT molecular complexity index is 330. The zero-order valence-electron chi connectivity index (χ0n) is 8.04. The zero-order chi connectivity index (χ0) is 10.6. The van der Waals surface area contributed by atoms with Gasteiger partial charge in [-0.3, -0.25) is 4.79 Å². The van der Waals surface area contributed by atoms with Gasteiger partial charge in [0.15, 0.2) is 5.82 Å². The predicted octanol–water partition coefficient (Wildman–Crippen LogP) is 1.28. The molecule has 0 aliphatic rings. The van der Waals surface area contributed by atoms with Gasteiger partial charge in [-0.05, 0) is 26.1 Å². The largest absolute Gasteiger partial charge is 0.309 e. The first-order valence-corrected chi connectivity index (χ1v) is 4.61. The number of nitrogens with zero attached hydrogens (tertiary/aromatic N) is 1. The van der Waals surface area contributed by atoms with Crippen molar-refractivity contribution in [3.8, 4) is 0 Å². The number of amides is 1. The van der Waals surface area contributed by atoms with E-state index >= 15 is 0 Å². The highest BCUT2D eigenvalue weighted by Crippen LogP contribution is 2.17. The van der Waals surface area contributed by atoms with Crippen molar-refractivity contribution in [2.45, 2.75) is 13.0 Å². The Labute approximate surface area is 87.7 Å². The van der Waals surface area contributed by atoms with Crippen molar-refractivity contribution in [3.05, 3.63) is 23.4 Å². The first-order chi connectivity index (χ1) is 6.65. The molecule has 2 N–H and O–H groups in total. The number of halogens is 1. The number of carbonyl (C=O) groups is 1. The van der Waals surface area contributed by atoms with Crippen molar-refractivity contribution >= 4 is 23.3 Å². The molecule has 1 aromatic heterocycles. The Hall–Kier alpha value is -1.13. The second-order valence-corrected chi connectivity index (χ2v) is 3.24. The van der Waals surface area contributed by atoms with Gasteiger partial charge >= 0.3 is 0 Å². The van der Waals surface area contributed by atoms with Crippen LogP contribution in [0, 0.1) is 0 Å². The van der Waals surface area contributed by atoms with Crippen molar-refractivity contribution in [2.75, 3.05) is 12.4 Å². The molecule has 0 aliphatic heterocycles. The van der Waals surface area contributed by atoms with Gasteiger partial charge in [0.2, 0.25) is 5.91 Å². The summed E-state index contributed by atoms with van der Waals surface area (Å²) in [5, 5.41) is 5.87. The quantitative estimate of drug-likeness (QED) is 0.796. The SMILES string of the molecule is CNC(C)C(=O)Nc1ncccc1Cl. The van der Waals surface area contributed by atoms with E-state index in [0.717, 1.165) is 0 Å². The van der Waals surface area contributed by atoms with Gasteiger partial charge in [-0.15, -0.1) is 0 Å². The molecule has 1 rings (SSSR count). The molecule has 0 saturated heterocycles. The van der Waals surface area contributed by atoms with Gasteiger partial charge in [-0.1, -0.05) is 11.6 Å². The van der Waals surface area contributed by atoms with E-state index in [2.05, 4.69) is 15.6 Å². The van der Waals surface area contributed by atoms with E-state index in [0.29, 0.717) is 10.8 Å². The lowest BCUT2D eigenvalue weighted by Crippen LogP contribution is -2.35. The number of hydrogen-bond acceptors (Lipinski definition) is 3. The summed E-state index contributed by atoms with van der Waals surface area (Å²) in [6.07, 6.45) is 1.57. The third kappa shape index (κ3) is 2.68. The molecule has 0 fully saturated rings. The lowest BCUT2D eigenvalue weighted by atomic mass is 10.3. The van der Waals surface area contributed by atoms with Crippen LogP contribution in [-0.2, 0) is 4.79 Å². The van der Waals surface area contributed by atoms with Crippen molar-refractivity contribution in [1.82, 2.24) is 10.3 Å². The van der Waals surface area contributed by atoms with E-state index in [1.807, 2.05) is 0 Å². The van der Waals surface area contributed by atoms with E-state index in [1.54, 1.807) is 32.3 Å². The summed E-state index contributed by atoms with van der Waals surface area (Å²) in [4.78, 5) is 15.4. The summed E-state index contributed by atoms with van der Waals surface area (Å²) in [6.45, 7) is 1.76. The molecule has 0 radical (unpaired) electrons. The van der Waals surface area contributed by atoms with Crippen LogP contribution in [0.15, 0.2) is 18.3 Å². The summed E-state index contributed by atoms with van der Waals surface area (Å²) in [7, 11) is 1.71. The molecule has 1 unspecified atom stereocenters. The number of pyridine rings is 1. The minimum absolute atomic E-state index is 0.159. The Morgan fingerprint density at radius 1 is 1.64 bits per heavy atom. The number of anilines is 1. The molecule has 0 bridgehead atoms. The van der Waals surface area contributed by atoms with Gasteiger partial charge in [0.05, 0.1) is 11.1 Å². The molecule has 5 heteroatoms. The minimum Gasteiger partial charge on any atom is -0.309 e. The summed E-state index contributed by atoms with van der Waals surface area (Å²) in [5.74, 6) is 0.231. The highest BCUT2D eigenvalue weighted by atomic mass is 35.5. The Morgan fingerprint density at radius 2 is 2.36 bits per heavy atom. The fourth-order valence-electron chi connectivity index (χ4n) is 0.834. The molecule has 1 heterocycles. The highest BCUT2D eigenvalue weighted by molar-refractivity contribution is 6.33.